The molecule has 0 aromatic rings. The van der Waals surface area contributed by atoms with Gasteiger partial charge in [0.05, 0.1) is 0 Å². The van der Waals surface area contributed by atoms with E-state index in [0.29, 0.717) is 19.3 Å². The minimum Gasteiger partial charge on any atom is -0.462 e. The maximum Gasteiger partial charge on any atom is 0.306 e. The third-order valence-electron chi connectivity index (χ3n) is 12.2. The zero-order valence-corrected chi connectivity index (χ0v) is 46.2. The second kappa shape index (κ2) is 58.6. The highest BCUT2D eigenvalue weighted by Crippen LogP contribution is 2.14. The summed E-state index contributed by atoms with van der Waals surface area (Å²) in [6.07, 6.45) is 79.3. The Hall–Kier alpha value is -3.93. The molecule has 0 rings (SSSR count). The van der Waals surface area contributed by atoms with Crippen LogP contribution in [0.3, 0.4) is 0 Å². The van der Waals surface area contributed by atoms with Gasteiger partial charge in [-0.15, -0.1) is 0 Å². The molecule has 6 heteroatoms. The first-order valence-corrected chi connectivity index (χ1v) is 29.4. The van der Waals surface area contributed by atoms with Gasteiger partial charge in [-0.3, -0.25) is 14.4 Å². The average Bonchev–Trinajstić information content (AvgIpc) is 3.37. The quantitative estimate of drug-likeness (QED) is 0.0261. The molecule has 0 radical (unpaired) electrons. The van der Waals surface area contributed by atoms with E-state index in [2.05, 4.69) is 130 Å². The third kappa shape index (κ3) is 56.9. The molecule has 0 aliphatic rings. The summed E-state index contributed by atoms with van der Waals surface area (Å²) in [5.74, 6) is -0.923. The Bertz CT molecular complexity index is 1460. The number of rotatable bonds is 52. The van der Waals surface area contributed by atoms with Crippen LogP contribution >= 0.6 is 0 Å². The van der Waals surface area contributed by atoms with E-state index in [1.54, 1.807) is 0 Å². The fourth-order valence-electron chi connectivity index (χ4n) is 7.81. The Labute approximate surface area is 438 Å². The summed E-state index contributed by atoms with van der Waals surface area (Å²) in [5, 5.41) is 0. The Balaban J connectivity index is 4.36. The number of carbonyl (C=O) groups is 3. The molecule has 0 aromatic carbocycles. The summed E-state index contributed by atoms with van der Waals surface area (Å²) in [5.41, 5.74) is 0. The molecule has 1 atom stereocenters. The van der Waals surface area contributed by atoms with Crippen molar-refractivity contribution in [1.82, 2.24) is 0 Å². The second-order valence-electron chi connectivity index (χ2n) is 19.2. The highest BCUT2D eigenvalue weighted by atomic mass is 16.6. The lowest BCUT2D eigenvalue weighted by molar-refractivity contribution is -0.167. The summed E-state index contributed by atoms with van der Waals surface area (Å²) < 4.78 is 16.8. The number of ether oxygens (including phenoxy) is 3. The van der Waals surface area contributed by atoms with Crippen LogP contribution in [0, 0.1) is 0 Å². The highest BCUT2D eigenvalue weighted by Gasteiger charge is 2.19. The van der Waals surface area contributed by atoms with Gasteiger partial charge in [0.1, 0.15) is 13.2 Å². The summed E-state index contributed by atoms with van der Waals surface area (Å²) >= 11 is 0. The number of hydrogen-bond donors (Lipinski definition) is 0. The third-order valence-corrected chi connectivity index (χ3v) is 12.2. The Morgan fingerprint density at radius 1 is 0.296 bits per heavy atom. The van der Waals surface area contributed by atoms with Crippen LogP contribution in [0.25, 0.3) is 0 Å². The van der Waals surface area contributed by atoms with Crippen molar-refractivity contribution in [3.05, 3.63) is 109 Å². The second-order valence-corrected chi connectivity index (χ2v) is 19.2. The van der Waals surface area contributed by atoms with Gasteiger partial charge in [0.15, 0.2) is 6.10 Å². The molecule has 0 N–H and O–H groups in total. The van der Waals surface area contributed by atoms with Crippen molar-refractivity contribution >= 4 is 17.9 Å². The fraction of sp³-hybridized carbons (Fsp3) is 0.677. The van der Waals surface area contributed by atoms with Gasteiger partial charge in [-0.2, -0.15) is 0 Å². The topological polar surface area (TPSA) is 78.9 Å². The molecular weight excluding hydrogens is 877 g/mol. The standard InChI is InChI=1S/C65H108O6/c1-4-7-10-13-16-19-22-24-26-28-29-30-31-32-33-34-35-37-38-40-43-46-49-52-55-58-64(67)70-61-62(60-69-63(66)57-54-51-48-45-42-21-18-15-12-9-6-3)71-65(68)59-56-53-50-47-44-41-39-36-27-25-23-20-17-14-11-8-5-2/h7,10,15-20,24-27,29-30,32-33,35,37,62H,4-6,8-9,11-14,21-23,28,31,34,36,38-61H2,1-3H3/b10-7-,18-15-,19-16-,20-17-,26-24-,27-25-,30-29-,33-32-,37-35-. The van der Waals surface area contributed by atoms with E-state index >= 15 is 0 Å². The van der Waals surface area contributed by atoms with Crippen LogP contribution < -0.4 is 0 Å². The molecule has 0 bridgehead atoms. The molecule has 0 heterocycles. The van der Waals surface area contributed by atoms with Gasteiger partial charge in [0.25, 0.3) is 0 Å². The van der Waals surface area contributed by atoms with Crippen LogP contribution in [0.1, 0.15) is 265 Å². The highest BCUT2D eigenvalue weighted by molar-refractivity contribution is 5.71. The van der Waals surface area contributed by atoms with Gasteiger partial charge in [0.2, 0.25) is 0 Å². The van der Waals surface area contributed by atoms with Crippen LogP contribution in [0.2, 0.25) is 0 Å². The van der Waals surface area contributed by atoms with Crippen molar-refractivity contribution in [1.29, 1.82) is 0 Å². The maximum atomic E-state index is 12.9. The lowest BCUT2D eigenvalue weighted by Crippen LogP contribution is -2.30. The number of esters is 3. The number of allylic oxidation sites excluding steroid dienone is 18. The molecular formula is C65H108O6. The number of hydrogen-bond acceptors (Lipinski definition) is 6. The lowest BCUT2D eigenvalue weighted by atomic mass is 10.1. The molecule has 0 spiro atoms. The summed E-state index contributed by atoms with van der Waals surface area (Å²) in [6.45, 7) is 6.44. The van der Waals surface area contributed by atoms with Crippen LogP contribution in [0.15, 0.2) is 109 Å². The van der Waals surface area contributed by atoms with Crippen LogP contribution in [0.5, 0.6) is 0 Å². The molecule has 71 heavy (non-hydrogen) atoms. The smallest absolute Gasteiger partial charge is 0.306 e. The van der Waals surface area contributed by atoms with E-state index in [1.165, 1.54) is 89.9 Å². The molecule has 0 aliphatic heterocycles. The van der Waals surface area contributed by atoms with E-state index in [9.17, 15) is 14.4 Å². The van der Waals surface area contributed by atoms with Gasteiger partial charge in [-0.25, -0.2) is 0 Å². The fourth-order valence-corrected chi connectivity index (χ4v) is 7.81. The summed E-state index contributed by atoms with van der Waals surface area (Å²) in [4.78, 5) is 38.1. The van der Waals surface area contributed by atoms with Gasteiger partial charge in [-0.05, 0) is 122 Å². The van der Waals surface area contributed by atoms with Crippen molar-refractivity contribution in [2.75, 3.05) is 13.2 Å². The van der Waals surface area contributed by atoms with Gasteiger partial charge in [0, 0.05) is 19.3 Å². The lowest BCUT2D eigenvalue weighted by Gasteiger charge is -2.18. The predicted molar refractivity (Wildman–Crippen MR) is 307 cm³/mol. The van der Waals surface area contributed by atoms with Crippen LogP contribution in [-0.2, 0) is 28.6 Å². The monoisotopic (exact) mass is 985 g/mol. The summed E-state index contributed by atoms with van der Waals surface area (Å²) in [6, 6.07) is 0. The van der Waals surface area contributed by atoms with E-state index in [1.807, 2.05) is 0 Å². The number of carbonyl (C=O) groups excluding carboxylic acids is 3. The molecule has 0 saturated carbocycles. The molecule has 404 valence electrons. The predicted octanol–water partition coefficient (Wildman–Crippen LogP) is 19.9. The van der Waals surface area contributed by atoms with Crippen molar-refractivity contribution in [3.8, 4) is 0 Å². The Kier molecular flexibility index (Phi) is 55.4. The zero-order valence-electron chi connectivity index (χ0n) is 46.2. The van der Waals surface area contributed by atoms with E-state index in [-0.39, 0.29) is 31.1 Å². The first kappa shape index (κ1) is 67.1. The van der Waals surface area contributed by atoms with Gasteiger partial charge < -0.3 is 14.2 Å². The molecule has 0 aromatic heterocycles. The molecule has 0 saturated heterocycles. The Morgan fingerprint density at radius 2 is 0.563 bits per heavy atom. The van der Waals surface area contributed by atoms with Crippen molar-refractivity contribution in [3.63, 3.8) is 0 Å². The molecule has 1 unspecified atom stereocenters. The SMILES string of the molecule is CC/C=C\C/C=C\C/C=C\C/C=C\C/C=C\C/C=C\CCCCCCCCC(=O)OCC(COC(=O)CCCCCCC/C=C\CCCC)OC(=O)CCCCCCCCC/C=C\C/C=C\CCCCC. The van der Waals surface area contributed by atoms with Crippen LogP contribution in [-0.4, -0.2) is 37.2 Å². The van der Waals surface area contributed by atoms with Crippen molar-refractivity contribution in [2.45, 2.75) is 271 Å². The minimum absolute atomic E-state index is 0.0915. The molecule has 0 amide bonds. The molecule has 0 fully saturated rings. The van der Waals surface area contributed by atoms with E-state index < -0.39 is 6.10 Å². The molecule has 6 nitrogen and oxygen atoms in total. The minimum atomic E-state index is -0.794. The zero-order chi connectivity index (χ0) is 51.4. The maximum absolute atomic E-state index is 12.9. The average molecular weight is 986 g/mol. The van der Waals surface area contributed by atoms with Crippen LogP contribution in [0.4, 0.5) is 0 Å². The van der Waals surface area contributed by atoms with Crippen molar-refractivity contribution < 1.29 is 28.6 Å². The van der Waals surface area contributed by atoms with Gasteiger partial charge in [-0.1, -0.05) is 233 Å². The Morgan fingerprint density at radius 3 is 0.915 bits per heavy atom. The van der Waals surface area contributed by atoms with Crippen molar-refractivity contribution in [2.24, 2.45) is 0 Å². The number of unbranched alkanes of at least 4 members (excludes halogenated alkanes) is 23. The summed E-state index contributed by atoms with van der Waals surface area (Å²) in [7, 11) is 0. The molecule has 0 aliphatic carbocycles. The largest absolute Gasteiger partial charge is 0.462 e. The first-order valence-electron chi connectivity index (χ1n) is 29.4. The van der Waals surface area contributed by atoms with E-state index in [0.717, 1.165) is 135 Å². The van der Waals surface area contributed by atoms with E-state index in [4.69, 9.17) is 14.2 Å². The van der Waals surface area contributed by atoms with Gasteiger partial charge >= 0.3 is 17.9 Å². The normalized spacial score (nSPS) is 12.9. The first-order chi connectivity index (χ1) is 35.0.